The average molecular weight is 489 g/mol. The Labute approximate surface area is 220 Å². The van der Waals surface area contributed by atoms with Gasteiger partial charge in [0.05, 0.1) is 45.7 Å². The van der Waals surface area contributed by atoms with E-state index in [0.29, 0.717) is 5.69 Å². The molecule has 0 N–H and O–H groups in total. The van der Waals surface area contributed by atoms with E-state index in [1.165, 1.54) is 49.6 Å². The topological polar surface area (TPSA) is 17.5 Å². The maximum atomic E-state index is 7.89. The average Bonchev–Trinajstić information content (AvgIpc) is 3.45. The Morgan fingerprint density at radius 3 is 2.00 bits per heavy atom. The van der Waals surface area contributed by atoms with Crippen LogP contribution in [-0.4, -0.2) is 15.2 Å². The molecular weight excluding hydrogens is 464 g/mol. The van der Waals surface area contributed by atoms with Crippen molar-refractivity contribution in [3.63, 3.8) is 0 Å². The van der Waals surface area contributed by atoms with Gasteiger partial charge in [-0.05, 0) is 73.8 Å². The molecule has 0 spiro atoms. The van der Waals surface area contributed by atoms with Gasteiger partial charge in [-0.25, -0.2) is 4.85 Å². The van der Waals surface area contributed by atoms with Gasteiger partial charge in [-0.1, -0.05) is 48.5 Å². The zero-order valence-corrected chi connectivity index (χ0v) is 21.2. The fraction of sp³-hybridized carbons (Fsp3) is 0.0882. The molecule has 0 bridgehead atoms. The molecular formula is C34H24N4. The Hall–Kier alpha value is -5.01. The van der Waals surface area contributed by atoms with E-state index in [-0.39, 0.29) is 6.04 Å². The second-order valence-corrected chi connectivity index (χ2v) is 10.3. The number of hydrogen-bond acceptors (Lipinski definition) is 1. The number of rotatable bonds is 2. The predicted molar refractivity (Wildman–Crippen MR) is 159 cm³/mol. The van der Waals surface area contributed by atoms with Crippen LogP contribution in [0.25, 0.3) is 59.8 Å². The van der Waals surface area contributed by atoms with Crippen molar-refractivity contribution in [3.05, 3.63) is 115 Å². The van der Waals surface area contributed by atoms with Gasteiger partial charge in [0.1, 0.15) is 0 Å². The smallest absolute Gasteiger partial charge is 0.190 e. The molecule has 1 aliphatic rings. The van der Waals surface area contributed by atoms with Gasteiger partial charge in [-0.3, -0.25) is 0 Å². The number of nitrogens with zero attached hydrogens (tertiary/aromatic N) is 4. The molecule has 0 amide bonds. The molecule has 0 fully saturated rings. The van der Waals surface area contributed by atoms with Crippen LogP contribution in [0.2, 0.25) is 0 Å². The minimum absolute atomic E-state index is 0.248. The molecule has 0 aliphatic carbocycles. The third-order valence-corrected chi connectivity index (χ3v) is 7.92. The van der Waals surface area contributed by atoms with Crippen molar-refractivity contribution in [2.45, 2.75) is 19.9 Å². The van der Waals surface area contributed by atoms with E-state index in [4.69, 9.17) is 6.57 Å². The van der Waals surface area contributed by atoms with Crippen LogP contribution in [0.1, 0.15) is 13.8 Å². The maximum Gasteiger partial charge on any atom is 0.190 e. The second-order valence-electron chi connectivity index (χ2n) is 10.3. The Bertz CT molecular complexity index is 2120. The van der Waals surface area contributed by atoms with Crippen molar-refractivity contribution in [1.29, 1.82) is 0 Å². The molecule has 4 nitrogen and oxygen atoms in total. The summed E-state index contributed by atoms with van der Waals surface area (Å²) in [5.74, 6) is 0. The molecule has 8 rings (SSSR count). The SMILES string of the molecule is [C-]#[N+]c1cc2c3c(c1)c1cc4c(cc1n3-c1ccccc1N2C(C)C)c1ccccc1n4-c1ccccc1. The number of aromatic nitrogens is 2. The monoisotopic (exact) mass is 488 g/mol. The molecule has 5 aromatic carbocycles. The van der Waals surface area contributed by atoms with Gasteiger partial charge in [-0.15, -0.1) is 0 Å². The van der Waals surface area contributed by atoms with Crippen molar-refractivity contribution in [2.75, 3.05) is 4.90 Å². The van der Waals surface area contributed by atoms with Gasteiger partial charge in [0.2, 0.25) is 0 Å². The fourth-order valence-electron chi connectivity index (χ4n) is 6.47. The number of fused-ring (bicyclic) bond motifs is 8. The summed E-state index contributed by atoms with van der Waals surface area (Å²) in [5.41, 5.74) is 9.96. The highest BCUT2D eigenvalue weighted by Crippen LogP contribution is 2.50. The number of para-hydroxylation sites is 4. The number of anilines is 2. The molecule has 38 heavy (non-hydrogen) atoms. The lowest BCUT2D eigenvalue weighted by Gasteiger charge is -2.36. The van der Waals surface area contributed by atoms with Crippen LogP contribution in [0.4, 0.5) is 17.1 Å². The molecule has 2 aromatic heterocycles. The summed E-state index contributed by atoms with van der Waals surface area (Å²) in [5, 5.41) is 4.75. The van der Waals surface area contributed by atoms with Gasteiger partial charge in [0.15, 0.2) is 5.69 Å². The first-order chi connectivity index (χ1) is 18.7. The number of benzene rings is 5. The zero-order valence-electron chi connectivity index (χ0n) is 21.2. The molecule has 0 radical (unpaired) electrons. The van der Waals surface area contributed by atoms with E-state index in [1.807, 2.05) is 0 Å². The molecule has 0 atom stereocenters. The van der Waals surface area contributed by atoms with Crippen LogP contribution in [0, 0.1) is 6.57 Å². The third-order valence-electron chi connectivity index (χ3n) is 7.92. The Kier molecular flexibility index (Phi) is 4.17. The third kappa shape index (κ3) is 2.63. The molecule has 180 valence electrons. The second kappa shape index (κ2) is 7.50. The van der Waals surface area contributed by atoms with Crippen LogP contribution < -0.4 is 4.90 Å². The summed E-state index contributed by atoms with van der Waals surface area (Å²) in [6.45, 7) is 12.3. The lowest BCUT2D eigenvalue weighted by Crippen LogP contribution is -2.29. The van der Waals surface area contributed by atoms with Crippen LogP contribution in [0.3, 0.4) is 0 Å². The lowest BCUT2D eigenvalue weighted by atomic mass is 10.1. The Morgan fingerprint density at radius 2 is 1.24 bits per heavy atom. The molecule has 4 heteroatoms. The number of hydrogen-bond donors (Lipinski definition) is 0. The van der Waals surface area contributed by atoms with Gasteiger partial charge >= 0.3 is 0 Å². The summed E-state index contributed by atoms with van der Waals surface area (Å²) in [6, 6.07) is 36.9. The van der Waals surface area contributed by atoms with Gasteiger partial charge in [0, 0.05) is 27.9 Å². The van der Waals surface area contributed by atoms with Crippen LogP contribution in [-0.2, 0) is 0 Å². The van der Waals surface area contributed by atoms with Crippen molar-refractivity contribution in [3.8, 4) is 11.4 Å². The van der Waals surface area contributed by atoms with Crippen LogP contribution in [0.5, 0.6) is 0 Å². The van der Waals surface area contributed by atoms with Crippen molar-refractivity contribution >= 4 is 60.7 Å². The minimum atomic E-state index is 0.248. The summed E-state index contributed by atoms with van der Waals surface area (Å²) >= 11 is 0. The highest BCUT2D eigenvalue weighted by atomic mass is 15.2. The fourth-order valence-corrected chi connectivity index (χ4v) is 6.47. The molecule has 3 heterocycles. The first-order valence-electron chi connectivity index (χ1n) is 13.0. The van der Waals surface area contributed by atoms with Gasteiger partial charge in [0.25, 0.3) is 0 Å². The molecule has 0 saturated heterocycles. The van der Waals surface area contributed by atoms with E-state index >= 15 is 0 Å². The lowest BCUT2D eigenvalue weighted by molar-refractivity contribution is 0.782. The van der Waals surface area contributed by atoms with Crippen molar-refractivity contribution in [2.24, 2.45) is 0 Å². The van der Waals surface area contributed by atoms with E-state index in [2.05, 4.69) is 136 Å². The zero-order chi connectivity index (χ0) is 25.5. The maximum absolute atomic E-state index is 7.89. The van der Waals surface area contributed by atoms with Crippen molar-refractivity contribution < 1.29 is 0 Å². The highest BCUT2D eigenvalue weighted by molar-refractivity contribution is 6.22. The van der Waals surface area contributed by atoms with Gasteiger partial charge < -0.3 is 14.0 Å². The largest absolute Gasteiger partial charge is 0.337 e. The van der Waals surface area contributed by atoms with E-state index in [1.54, 1.807) is 0 Å². The molecule has 7 aromatic rings. The minimum Gasteiger partial charge on any atom is -0.337 e. The van der Waals surface area contributed by atoms with Gasteiger partial charge in [-0.2, -0.15) is 0 Å². The van der Waals surface area contributed by atoms with Crippen LogP contribution >= 0.6 is 0 Å². The molecule has 0 unspecified atom stereocenters. The Balaban J connectivity index is 1.61. The molecule has 1 aliphatic heterocycles. The molecule has 0 saturated carbocycles. The summed E-state index contributed by atoms with van der Waals surface area (Å²) in [7, 11) is 0. The summed E-state index contributed by atoms with van der Waals surface area (Å²) in [4.78, 5) is 6.27. The normalized spacial score (nSPS) is 12.6. The quantitative estimate of drug-likeness (QED) is 0.222. The summed E-state index contributed by atoms with van der Waals surface area (Å²) in [6.07, 6.45) is 0. The standard InChI is InChI=1S/C34H24N4/c1-21(2)36-29-15-9-10-16-30(29)38-32-19-25-24-13-7-8-14-28(24)37(23-11-5-4-6-12-23)31(25)20-26(32)27-17-22(35-3)18-33(36)34(27)38/h4-21H,1-2H3. The summed E-state index contributed by atoms with van der Waals surface area (Å²) < 4.78 is 4.77. The first-order valence-corrected chi connectivity index (χ1v) is 13.0. The predicted octanol–water partition coefficient (Wildman–Crippen LogP) is 9.29. The van der Waals surface area contributed by atoms with E-state index in [0.717, 1.165) is 16.8 Å². The first kappa shape index (κ1) is 21.1. The highest BCUT2D eigenvalue weighted by Gasteiger charge is 2.30. The van der Waals surface area contributed by atoms with E-state index in [9.17, 15) is 0 Å². The van der Waals surface area contributed by atoms with E-state index < -0.39 is 0 Å². The van der Waals surface area contributed by atoms with Crippen LogP contribution in [0.15, 0.2) is 103 Å². The van der Waals surface area contributed by atoms with Crippen molar-refractivity contribution in [1.82, 2.24) is 9.13 Å². The Morgan fingerprint density at radius 1 is 0.579 bits per heavy atom.